The zero-order valence-electron chi connectivity index (χ0n) is 29.5. The smallest absolute Gasteiger partial charge is 0.160 e. The van der Waals surface area contributed by atoms with Crippen molar-refractivity contribution in [2.75, 3.05) is 0 Å². The Balaban J connectivity index is 1.23. The maximum atomic E-state index is 7.01. The van der Waals surface area contributed by atoms with E-state index in [1.807, 2.05) is 24.3 Å². The first-order valence-electron chi connectivity index (χ1n) is 18.3. The predicted octanol–water partition coefficient (Wildman–Crippen LogP) is 12.4. The van der Waals surface area contributed by atoms with Crippen molar-refractivity contribution in [3.05, 3.63) is 203 Å². The minimum Gasteiger partial charge on any atom is -0.455 e. The van der Waals surface area contributed by atoms with Crippen LogP contribution in [0.4, 0.5) is 0 Å². The molecule has 0 amide bonds. The van der Waals surface area contributed by atoms with Gasteiger partial charge >= 0.3 is 0 Å². The largest absolute Gasteiger partial charge is 0.455 e. The molecule has 9 aromatic rings. The van der Waals surface area contributed by atoms with Crippen molar-refractivity contribution in [1.82, 2.24) is 9.97 Å². The van der Waals surface area contributed by atoms with Crippen LogP contribution in [0.5, 0.6) is 0 Å². The molecule has 0 atom stereocenters. The molecule has 1 spiro atoms. The molecule has 250 valence electrons. The summed E-state index contributed by atoms with van der Waals surface area (Å²) in [4.78, 5) is 10.3. The van der Waals surface area contributed by atoms with E-state index in [4.69, 9.17) is 14.4 Å². The fourth-order valence-corrected chi connectivity index (χ4v) is 9.56. The van der Waals surface area contributed by atoms with Crippen LogP contribution in [0.15, 0.2) is 174 Å². The second-order valence-corrected chi connectivity index (χ2v) is 14.9. The van der Waals surface area contributed by atoms with Crippen molar-refractivity contribution in [2.45, 2.75) is 24.7 Å². The van der Waals surface area contributed by atoms with Crippen molar-refractivity contribution in [3.63, 3.8) is 0 Å². The molecule has 0 aliphatic heterocycles. The summed E-state index contributed by atoms with van der Waals surface area (Å²) in [5.74, 6) is 0.686. The molecule has 2 aliphatic rings. The first-order valence-corrected chi connectivity index (χ1v) is 18.3. The SMILES string of the molecule is CC1(C)c2ccccc2C2(c3ccccc3-c3ccccc32)c2ccc3oc4c(-c5cc(-c6ccccc6)nc(-c6ccccc6)n5)cccc4c3c21. The van der Waals surface area contributed by atoms with Crippen LogP contribution >= 0.6 is 0 Å². The van der Waals surface area contributed by atoms with Crippen LogP contribution in [0.3, 0.4) is 0 Å². The molecule has 53 heavy (non-hydrogen) atoms. The molecule has 2 aromatic heterocycles. The molecule has 7 aromatic carbocycles. The monoisotopic (exact) mass is 678 g/mol. The van der Waals surface area contributed by atoms with Gasteiger partial charge in [0.05, 0.1) is 16.8 Å². The van der Waals surface area contributed by atoms with Gasteiger partial charge in [-0.05, 0) is 62.7 Å². The number of furan rings is 1. The average Bonchev–Trinajstić information content (AvgIpc) is 3.75. The van der Waals surface area contributed by atoms with E-state index in [0.717, 1.165) is 44.6 Å². The summed E-state index contributed by atoms with van der Waals surface area (Å²) < 4.78 is 7.01. The fourth-order valence-electron chi connectivity index (χ4n) is 9.56. The van der Waals surface area contributed by atoms with E-state index in [1.54, 1.807) is 0 Å². The van der Waals surface area contributed by atoms with Crippen molar-refractivity contribution < 1.29 is 4.42 Å². The molecular formula is C50H34N2O. The molecule has 0 N–H and O–H groups in total. The second-order valence-electron chi connectivity index (χ2n) is 14.9. The Bertz CT molecular complexity index is 2820. The summed E-state index contributed by atoms with van der Waals surface area (Å²) in [7, 11) is 0. The molecule has 3 nitrogen and oxygen atoms in total. The standard InChI is InChI=1S/C50H34N2O/c1-49(2)39-26-13-14-27-40(39)50(37-24-11-9-20-33(37)34-21-10-12-25-38(34)50)41-28-29-44-45(46(41)49)36-23-15-22-35(47(36)53-44)43-30-42(31-16-5-3-6-17-31)51-48(52-43)32-18-7-4-8-19-32/h3-30H,1-2H3. The highest BCUT2D eigenvalue weighted by Gasteiger charge is 2.54. The van der Waals surface area contributed by atoms with Crippen LogP contribution in [0.2, 0.25) is 0 Å². The van der Waals surface area contributed by atoms with E-state index in [9.17, 15) is 0 Å². The van der Waals surface area contributed by atoms with Crippen LogP contribution < -0.4 is 0 Å². The highest BCUT2D eigenvalue weighted by atomic mass is 16.3. The number of nitrogens with zero attached hydrogens (tertiary/aromatic N) is 2. The van der Waals surface area contributed by atoms with Gasteiger partial charge in [-0.1, -0.05) is 166 Å². The molecule has 0 saturated heterocycles. The maximum Gasteiger partial charge on any atom is 0.160 e. The molecule has 0 saturated carbocycles. The normalized spacial score (nSPS) is 14.5. The first-order chi connectivity index (χ1) is 26.0. The molecular weight excluding hydrogens is 645 g/mol. The number of aromatic nitrogens is 2. The summed E-state index contributed by atoms with van der Waals surface area (Å²) in [5.41, 5.74) is 16.2. The Labute approximate surface area is 308 Å². The van der Waals surface area contributed by atoms with Gasteiger partial charge in [-0.15, -0.1) is 0 Å². The lowest BCUT2D eigenvalue weighted by molar-refractivity contribution is 0.567. The third-order valence-corrected chi connectivity index (χ3v) is 11.8. The van der Waals surface area contributed by atoms with Gasteiger partial charge in [0.2, 0.25) is 0 Å². The number of benzene rings is 7. The molecule has 11 rings (SSSR count). The third-order valence-electron chi connectivity index (χ3n) is 11.8. The minimum absolute atomic E-state index is 0.314. The van der Waals surface area contributed by atoms with Crippen molar-refractivity contribution in [3.8, 4) is 45.0 Å². The highest BCUT2D eigenvalue weighted by molar-refractivity contribution is 6.12. The summed E-state index contributed by atoms with van der Waals surface area (Å²) >= 11 is 0. The van der Waals surface area contributed by atoms with E-state index < -0.39 is 5.41 Å². The van der Waals surface area contributed by atoms with Gasteiger partial charge in [0, 0.05) is 32.9 Å². The average molecular weight is 679 g/mol. The number of para-hydroxylation sites is 1. The Hall–Kier alpha value is -6.58. The van der Waals surface area contributed by atoms with E-state index in [-0.39, 0.29) is 5.41 Å². The highest BCUT2D eigenvalue weighted by Crippen LogP contribution is 2.63. The van der Waals surface area contributed by atoms with Crippen LogP contribution in [0, 0.1) is 0 Å². The lowest BCUT2D eigenvalue weighted by Crippen LogP contribution is -2.40. The topological polar surface area (TPSA) is 38.9 Å². The van der Waals surface area contributed by atoms with Gasteiger partial charge in [-0.25, -0.2) is 9.97 Å². The third kappa shape index (κ3) is 4.05. The first kappa shape index (κ1) is 30.1. The van der Waals surface area contributed by atoms with Gasteiger partial charge in [-0.2, -0.15) is 0 Å². The van der Waals surface area contributed by atoms with Gasteiger partial charge < -0.3 is 4.42 Å². The molecule has 3 heteroatoms. The number of fused-ring (bicyclic) bond motifs is 13. The van der Waals surface area contributed by atoms with E-state index in [0.29, 0.717) is 5.82 Å². The summed E-state index contributed by atoms with van der Waals surface area (Å²) in [5, 5.41) is 2.26. The Morgan fingerprint density at radius 3 is 1.72 bits per heavy atom. The van der Waals surface area contributed by atoms with Crippen molar-refractivity contribution in [2.24, 2.45) is 0 Å². The maximum absolute atomic E-state index is 7.01. The molecule has 0 bridgehead atoms. The fraction of sp³-hybridized carbons (Fsp3) is 0.0800. The van der Waals surface area contributed by atoms with E-state index in [2.05, 4.69) is 159 Å². The molecule has 2 aliphatic carbocycles. The summed E-state index contributed by atoms with van der Waals surface area (Å²) in [6.45, 7) is 4.77. The zero-order chi connectivity index (χ0) is 35.3. The lowest BCUT2D eigenvalue weighted by Gasteiger charge is -2.47. The molecule has 0 unspecified atom stereocenters. The van der Waals surface area contributed by atoms with E-state index in [1.165, 1.54) is 49.9 Å². The van der Waals surface area contributed by atoms with Crippen LogP contribution in [-0.2, 0) is 10.8 Å². The number of hydrogen-bond donors (Lipinski definition) is 0. The van der Waals surface area contributed by atoms with Crippen LogP contribution in [0.1, 0.15) is 47.2 Å². The number of rotatable bonds is 3. The van der Waals surface area contributed by atoms with E-state index >= 15 is 0 Å². The minimum atomic E-state index is -0.466. The second kappa shape index (κ2) is 11.0. The van der Waals surface area contributed by atoms with Crippen molar-refractivity contribution in [1.29, 1.82) is 0 Å². The van der Waals surface area contributed by atoms with Gasteiger partial charge in [0.25, 0.3) is 0 Å². The predicted molar refractivity (Wildman–Crippen MR) is 215 cm³/mol. The lowest BCUT2D eigenvalue weighted by atomic mass is 9.55. The Morgan fingerprint density at radius 2 is 1.02 bits per heavy atom. The van der Waals surface area contributed by atoms with Crippen molar-refractivity contribution >= 4 is 21.9 Å². The molecule has 0 fully saturated rings. The number of hydrogen-bond acceptors (Lipinski definition) is 3. The molecule has 2 heterocycles. The van der Waals surface area contributed by atoms with Crippen LogP contribution in [0.25, 0.3) is 67.0 Å². The Morgan fingerprint density at radius 1 is 0.453 bits per heavy atom. The summed E-state index contributed by atoms with van der Waals surface area (Å²) in [6, 6.07) is 60.8. The quantitative estimate of drug-likeness (QED) is 0.187. The van der Waals surface area contributed by atoms with Gasteiger partial charge in [0.15, 0.2) is 5.82 Å². The zero-order valence-corrected chi connectivity index (χ0v) is 29.5. The molecule has 0 radical (unpaired) electrons. The summed E-state index contributed by atoms with van der Waals surface area (Å²) in [6.07, 6.45) is 0. The Kier molecular flexibility index (Phi) is 6.22. The van der Waals surface area contributed by atoms with Crippen LogP contribution in [-0.4, -0.2) is 9.97 Å². The van der Waals surface area contributed by atoms with Gasteiger partial charge in [0.1, 0.15) is 11.2 Å². The van der Waals surface area contributed by atoms with Gasteiger partial charge in [-0.3, -0.25) is 0 Å².